The maximum atomic E-state index is 13.3. The molecular weight excluding hydrogens is 217 g/mol. The summed E-state index contributed by atoms with van der Waals surface area (Å²) in [5.74, 6) is 0.536. The summed E-state index contributed by atoms with van der Waals surface area (Å²) in [6, 6.07) is 6.84. The zero-order valence-corrected chi connectivity index (χ0v) is 9.87. The number of benzene rings is 1. The second kappa shape index (κ2) is 4.91. The molecule has 2 aromatic rings. The van der Waals surface area contributed by atoms with Gasteiger partial charge < -0.3 is 5.32 Å². The van der Waals surface area contributed by atoms with E-state index in [1.54, 1.807) is 19.2 Å². The summed E-state index contributed by atoms with van der Waals surface area (Å²) < 4.78 is 13.3. The first kappa shape index (κ1) is 11.5. The van der Waals surface area contributed by atoms with Gasteiger partial charge in [-0.1, -0.05) is 6.07 Å². The summed E-state index contributed by atoms with van der Waals surface area (Å²) in [6.07, 6.45) is 1.72. The van der Waals surface area contributed by atoms with Crippen molar-refractivity contribution in [2.45, 2.75) is 20.4 Å². The fourth-order valence-corrected chi connectivity index (χ4v) is 1.59. The number of nitrogens with one attached hydrogen (secondary N) is 1. The van der Waals surface area contributed by atoms with Gasteiger partial charge in [0.2, 0.25) is 0 Å². The maximum absolute atomic E-state index is 13.3. The van der Waals surface area contributed by atoms with E-state index in [1.807, 2.05) is 19.1 Å². The lowest BCUT2D eigenvalue weighted by molar-refractivity contribution is 0.619. The molecule has 0 bridgehead atoms. The molecule has 0 aliphatic rings. The summed E-state index contributed by atoms with van der Waals surface area (Å²) in [5, 5.41) is 3.17. The Kier molecular flexibility index (Phi) is 3.32. The number of aromatic nitrogens is 2. The van der Waals surface area contributed by atoms with E-state index in [2.05, 4.69) is 15.3 Å². The molecule has 0 aliphatic carbocycles. The molecule has 0 fully saturated rings. The smallest absolute Gasteiger partial charge is 0.128 e. The van der Waals surface area contributed by atoms with Gasteiger partial charge in [-0.3, -0.25) is 0 Å². The second-order valence-electron chi connectivity index (χ2n) is 3.86. The van der Waals surface area contributed by atoms with Gasteiger partial charge in [0.1, 0.15) is 11.6 Å². The molecule has 1 N–H and O–H groups in total. The van der Waals surface area contributed by atoms with Gasteiger partial charge in [0.15, 0.2) is 0 Å². The Hall–Kier alpha value is -1.97. The summed E-state index contributed by atoms with van der Waals surface area (Å²) in [7, 11) is 0. The minimum absolute atomic E-state index is 0.200. The highest BCUT2D eigenvalue weighted by atomic mass is 19.1. The number of rotatable bonds is 3. The molecule has 0 saturated heterocycles. The molecule has 2 rings (SSSR count). The minimum atomic E-state index is -0.200. The van der Waals surface area contributed by atoms with Gasteiger partial charge in [-0.2, -0.15) is 0 Å². The Morgan fingerprint density at radius 3 is 2.82 bits per heavy atom. The average molecular weight is 231 g/mol. The van der Waals surface area contributed by atoms with E-state index in [9.17, 15) is 4.39 Å². The SMILES string of the molecule is Cc1nccc(CNc2cccc(F)c2C)n1. The lowest BCUT2D eigenvalue weighted by atomic mass is 10.2. The van der Waals surface area contributed by atoms with Gasteiger partial charge in [0.05, 0.1) is 12.2 Å². The summed E-state index contributed by atoms with van der Waals surface area (Å²) >= 11 is 0. The Balaban J connectivity index is 2.10. The molecule has 4 heteroatoms. The minimum Gasteiger partial charge on any atom is -0.379 e. The number of nitrogens with zero attached hydrogens (tertiary/aromatic N) is 2. The van der Waals surface area contributed by atoms with Crippen molar-refractivity contribution in [3.8, 4) is 0 Å². The fraction of sp³-hybridized carbons (Fsp3) is 0.231. The first-order chi connectivity index (χ1) is 8.16. The average Bonchev–Trinajstić information content (AvgIpc) is 2.31. The van der Waals surface area contributed by atoms with Crippen molar-refractivity contribution >= 4 is 5.69 Å². The van der Waals surface area contributed by atoms with Crippen LogP contribution in [0.25, 0.3) is 0 Å². The highest BCUT2D eigenvalue weighted by Crippen LogP contribution is 2.17. The Morgan fingerprint density at radius 1 is 1.24 bits per heavy atom. The van der Waals surface area contributed by atoms with Gasteiger partial charge in [-0.15, -0.1) is 0 Å². The van der Waals surface area contributed by atoms with Crippen LogP contribution >= 0.6 is 0 Å². The monoisotopic (exact) mass is 231 g/mol. The Labute approximate surface area is 99.7 Å². The molecule has 0 spiro atoms. The molecule has 0 radical (unpaired) electrons. The second-order valence-corrected chi connectivity index (χ2v) is 3.86. The third-order valence-electron chi connectivity index (χ3n) is 2.56. The van der Waals surface area contributed by atoms with Gasteiger partial charge in [0.25, 0.3) is 0 Å². The molecule has 3 nitrogen and oxygen atoms in total. The molecule has 0 saturated carbocycles. The van der Waals surface area contributed by atoms with E-state index in [0.717, 1.165) is 17.2 Å². The van der Waals surface area contributed by atoms with Crippen molar-refractivity contribution < 1.29 is 4.39 Å². The number of hydrogen-bond donors (Lipinski definition) is 1. The molecule has 1 heterocycles. The van der Waals surface area contributed by atoms with Crippen molar-refractivity contribution in [3.05, 3.63) is 53.4 Å². The Morgan fingerprint density at radius 2 is 2.06 bits per heavy atom. The lowest BCUT2D eigenvalue weighted by Crippen LogP contribution is -2.04. The molecule has 0 amide bonds. The van der Waals surface area contributed by atoms with E-state index in [4.69, 9.17) is 0 Å². The molecular formula is C13H14FN3. The zero-order valence-electron chi connectivity index (χ0n) is 9.87. The van der Waals surface area contributed by atoms with Crippen LogP contribution in [0.15, 0.2) is 30.5 Å². The summed E-state index contributed by atoms with van der Waals surface area (Å²) in [5.41, 5.74) is 2.31. The van der Waals surface area contributed by atoms with Crippen molar-refractivity contribution in [1.82, 2.24) is 9.97 Å². The van der Waals surface area contributed by atoms with E-state index in [-0.39, 0.29) is 5.82 Å². The van der Waals surface area contributed by atoms with Crippen molar-refractivity contribution in [2.75, 3.05) is 5.32 Å². The first-order valence-electron chi connectivity index (χ1n) is 5.44. The van der Waals surface area contributed by atoms with Crippen LogP contribution in [0, 0.1) is 19.7 Å². The van der Waals surface area contributed by atoms with E-state index < -0.39 is 0 Å². The number of anilines is 1. The predicted octanol–water partition coefficient (Wildman–Crippen LogP) is 2.84. The molecule has 1 aromatic heterocycles. The van der Waals surface area contributed by atoms with Crippen LogP contribution in [0.5, 0.6) is 0 Å². The van der Waals surface area contributed by atoms with Crippen LogP contribution in [0.2, 0.25) is 0 Å². The topological polar surface area (TPSA) is 37.8 Å². The number of halogens is 1. The third-order valence-corrected chi connectivity index (χ3v) is 2.56. The predicted molar refractivity (Wildman–Crippen MR) is 65.2 cm³/mol. The lowest BCUT2D eigenvalue weighted by Gasteiger charge is -2.09. The standard InChI is InChI=1S/C13H14FN3/c1-9-12(14)4-3-5-13(9)16-8-11-6-7-15-10(2)17-11/h3-7,16H,8H2,1-2H3. The molecule has 1 aromatic carbocycles. The maximum Gasteiger partial charge on any atom is 0.128 e. The number of aryl methyl sites for hydroxylation is 1. The van der Waals surface area contributed by atoms with Crippen molar-refractivity contribution in [3.63, 3.8) is 0 Å². The van der Waals surface area contributed by atoms with Crippen molar-refractivity contribution in [1.29, 1.82) is 0 Å². The molecule has 0 unspecified atom stereocenters. The fourth-order valence-electron chi connectivity index (χ4n) is 1.59. The quantitative estimate of drug-likeness (QED) is 0.882. The van der Waals surface area contributed by atoms with Crippen LogP contribution < -0.4 is 5.32 Å². The highest BCUT2D eigenvalue weighted by molar-refractivity contribution is 5.51. The summed E-state index contributed by atoms with van der Waals surface area (Å²) in [4.78, 5) is 8.30. The van der Waals surface area contributed by atoms with Crippen LogP contribution in [-0.2, 0) is 6.54 Å². The van der Waals surface area contributed by atoms with Crippen LogP contribution in [0.1, 0.15) is 17.1 Å². The Bertz CT molecular complexity index is 526. The first-order valence-corrected chi connectivity index (χ1v) is 5.44. The third kappa shape index (κ3) is 2.78. The normalized spacial score (nSPS) is 10.3. The van der Waals surface area contributed by atoms with E-state index >= 15 is 0 Å². The summed E-state index contributed by atoms with van der Waals surface area (Å²) in [6.45, 7) is 4.16. The molecule has 0 atom stereocenters. The highest BCUT2D eigenvalue weighted by Gasteiger charge is 2.03. The molecule has 88 valence electrons. The van der Waals surface area contributed by atoms with Crippen LogP contribution in [0.3, 0.4) is 0 Å². The van der Waals surface area contributed by atoms with E-state index in [0.29, 0.717) is 12.1 Å². The van der Waals surface area contributed by atoms with E-state index in [1.165, 1.54) is 6.07 Å². The van der Waals surface area contributed by atoms with Gasteiger partial charge in [-0.05, 0) is 32.0 Å². The zero-order chi connectivity index (χ0) is 12.3. The van der Waals surface area contributed by atoms with Gasteiger partial charge in [-0.25, -0.2) is 14.4 Å². The van der Waals surface area contributed by atoms with Gasteiger partial charge >= 0.3 is 0 Å². The largest absolute Gasteiger partial charge is 0.379 e. The number of hydrogen-bond acceptors (Lipinski definition) is 3. The van der Waals surface area contributed by atoms with Crippen LogP contribution in [0.4, 0.5) is 10.1 Å². The molecule has 0 aliphatic heterocycles. The van der Waals surface area contributed by atoms with Crippen molar-refractivity contribution in [2.24, 2.45) is 0 Å². The van der Waals surface area contributed by atoms with Crippen LogP contribution in [-0.4, -0.2) is 9.97 Å². The molecule has 17 heavy (non-hydrogen) atoms. The van der Waals surface area contributed by atoms with Gasteiger partial charge in [0, 0.05) is 17.4 Å².